The molecule has 1 amide bonds. The maximum Gasteiger partial charge on any atom is 0.260 e. The minimum absolute atomic E-state index is 0. The van der Waals surface area contributed by atoms with Crippen LogP contribution >= 0.6 is 23.7 Å². The van der Waals surface area contributed by atoms with Crippen LogP contribution in [0.25, 0.3) is 10.2 Å². The summed E-state index contributed by atoms with van der Waals surface area (Å²) in [4.78, 5) is 21.9. The van der Waals surface area contributed by atoms with Gasteiger partial charge in [-0.15, -0.1) is 12.4 Å². The van der Waals surface area contributed by atoms with Crippen molar-refractivity contribution in [3.8, 4) is 17.2 Å². The molecule has 2 aromatic carbocycles. The van der Waals surface area contributed by atoms with Crippen molar-refractivity contribution in [2.45, 2.75) is 13.8 Å². The van der Waals surface area contributed by atoms with Gasteiger partial charge < -0.3 is 19.1 Å². The Kier molecular flexibility index (Phi) is 9.70. The average Bonchev–Trinajstić information content (AvgIpc) is 3.25. The van der Waals surface area contributed by atoms with E-state index in [9.17, 15) is 9.18 Å². The van der Waals surface area contributed by atoms with Gasteiger partial charge in [-0.3, -0.25) is 9.69 Å². The highest BCUT2D eigenvalue weighted by Crippen LogP contribution is 2.39. The Morgan fingerprint density at radius 2 is 1.67 bits per heavy atom. The lowest BCUT2D eigenvalue weighted by molar-refractivity contribution is 0.0983. The van der Waals surface area contributed by atoms with Gasteiger partial charge in [0.05, 0.1) is 26.0 Å². The lowest BCUT2D eigenvalue weighted by atomic mass is 10.1. The first-order valence-corrected chi connectivity index (χ1v) is 11.2. The number of likely N-dealkylation sites (N-methyl/N-ethyl adjacent to an activating group) is 1. The molecule has 0 saturated heterocycles. The van der Waals surface area contributed by atoms with E-state index in [1.807, 2.05) is 0 Å². The molecule has 0 aliphatic heterocycles. The van der Waals surface area contributed by atoms with Gasteiger partial charge in [-0.05, 0) is 37.4 Å². The van der Waals surface area contributed by atoms with Crippen molar-refractivity contribution in [3.05, 3.63) is 41.7 Å². The molecule has 1 heterocycles. The molecule has 7 nitrogen and oxygen atoms in total. The number of benzene rings is 2. The molecule has 0 saturated carbocycles. The summed E-state index contributed by atoms with van der Waals surface area (Å²) < 4.78 is 31.1. The lowest BCUT2D eigenvalue weighted by Crippen LogP contribution is -2.38. The van der Waals surface area contributed by atoms with E-state index >= 15 is 0 Å². The van der Waals surface area contributed by atoms with Crippen molar-refractivity contribution < 1.29 is 23.4 Å². The number of ether oxygens (including phenoxy) is 3. The number of methoxy groups -OCH3 is 3. The molecule has 180 valence electrons. The molecule has 0 radical (unpaired) electrons. The van der Waals surface area contributed by atoms with Crippen LogP contribution < -0.4 is 19.1 Å². The molecule has 3 aromatic rings. The van der Waals surface area contributed by atoms with Gasteiger partial charge >= 0.3 is 0 Å². The third-order valence-electron chi connectivity index (χ3n) is 5.28. The second-order valence-corrected chi connectivity index (χ2v) is 7.99. The number of para-hydroxylation sites is 1. The number of rotatable bonds is 10. The minimum Gasteiger partial charge on any atom is -0.493 e. The Balaban J connectivity index is 0.00000385. The molecule has 0 fully saturated rings. The van der Waals surface area contributed by atoms with Crippen molar-refractivity contribution in [1.82, 2.24) is 9.88 Å². The molecular formula is C23H29ClFN3O4S. The molecule has 0 aliphatic carbocycles. The molecule has 10 heteroatoms. The van der Waals surface area contributed by atoms with Gasteiger partial charge in [-0.1, -0.05) is 31.3 Å². The van der Waals surface area contributed by atoms with Crippen LogP contribution in [0, 0.1) is 5.82 Å². The molecule has 0 unspecified atom stereocenters. The van der Waals surface area contributed by atoms with Crippen molar-refractivity contribution in [2.24, 2.45) is 0 Å². The minimum atomic E-state index is -0.408. The second-order valence-electron chi connectivity index (χ2n) is 6.98. The van der Waals surface area contributed by atoms with E-state index in [0.29, 0.717) is 45.7 Å². The van der Waals surface area contributed by atoms with Gasteiger partial charge in [0.15, 0.2) is 16.6 Å². The van der Waals surface area contributed by atoms with Gasteiger partial charge in [-0.2, -0.15) is 0 Å². The third kappa shape index (κ3) is 5.66. The SMILES string of the molecule is CCN(CC)CCN(C(=O)c1cc(OC)c(OC)c(OC)c1)c1nc2c(F)cccc2s1.Cl. The fourth-order valence-corrected chi connectivity index (χ4v) is 4.45. The highest BCUT2D eigenvalue weighted by molar-refractivity contribution is 7.22. The number of aromatic nitrogens is 1. The summed E-state index contributed by atoms with van der Waals surface area (Å²) in [5, 5.41) is 0.441. The van der Waals surface area contributed by atoms with Crippen LogP contribution in [0.2, 0.25) is 0 Å². The van der Waals surface area contributed by atoms with E-state index in [2.05, 4.69) is 23.7 Å². The fourth-order valence-electron chi connectivity index (χ4n) is 3.44. The maximum atomic E-state index is 14.3. The zero-order chi connectivity index (χ0) is 23.3. The number of amides is 1. The largest absolute Gasteiger partial charge is 0.493 e. The molecule has 1 aromatic heterocycles. The summed E-state index contributed by atoms with van der Waals surface area (Å²) in [7, 11) is 4.51. The Morgan fingerprint density at radius 3 is 2.18 bits per heavy atom. The number of halogens is 2. The first kappa shape index (κ1) is 26.6. The normalized spacial score (nSPS) is 10.8. The first-order valence-electron chi connectivity index (χ1n) is 10.4. The van der Waals surface area contributed by atoms with Crippen LogP contribution in [0.1, 0.15) is 24.2 Å². The van der Waals surface area contributed by atoms with Gasteiger partial charge in [-0.25, -0.2) is 9.37 Å². The summed E-state index contributed by atoms with van der Waals surface area (Å²) in [5.74, 6) is 0.483. The molecule has 3 rings (SSSR count). The Bertz CT molecular complexity index is 1070. The van der Waals surface area contributed by atoms with Crippen LogP contribution in [0.5, 0.6) is 17.2 Å². The Labute approximate surface area is 203 Å². The summed E-state index contributed by atoms with van der Waals surface area (Å²) in [6, 6.07) is 8.03. The monoisotopic (exact) mass is 497 g/mol. The van der Waals surface area contributed by atoms with E-state index < -0.39 is 5.82 Å². The van der Waals surface area contributed by atoms with Crippen LogP contribution in [0.4, 0.5) is 9.52 Å². The quantitative estimate of drug-likeness (QED) is 0.398. The van der Waals surface area contributed by atoms with E-state index in [4.69, 9.17) is 14.2 Å². The van der Waals surface area contributed by atoms with Crippen LogP contribution in [0.3, 0.4) is 0 Å². The average molecular weight is 498 g/mol. The second kappa shape index (κ2) is 12.0. The highest BCUT2D eigenvalue weighted by atomic mass is 35.5. The molecule has 0 N–H and O–H groups in total. The molecule has 0 bridgehead atoms. The lowest BCUT2D eigenvalue weighted by Gasteiger charge is -2.25. The molecule has 0 spiro atoms. The topological polar surface area (TPSA) is 64.1 Å². The van der Waals surface area contributed by atoms with Gasteiger partial charge in [0.1, 0.15) is 11.3 Å². The van der Waals surface area contributed by atoms with E-state index in [1.54, 1.807) is 29.2 Å². The zero-order valence-electron chi connectivity index (χ0n) is 19.4. The third-order valence-corrected chi connectivity index (χ3v) is 6.32. The number of fused-ring (bicyclic) bond motifs is 1. The summed E-state index contributed by atoms with van der Waals surface area (Å²) >= 11 is 1.29. The predicted octanol–water partition coefficient (Wildman–Crippen LogP) is 4.87. The highest BCUT2D eigenvalue weighted by Gasteiger charge is 2.25. The standard InChI is InChI=1S/C23H28FN3O4S.ClH/c1-6-26(7-2)11-12-27(23-25-20-16(24)9-8-10-19(20)32-23)22(28)15-13-17(29-3)21(31-5)18(14-15)30-4;/h8-10,13-14H,6-7,11-12H2,1-5H3;1H. The predicted molar refractivity (Wildman–Crippen MR) is 132 cm³/mol. The summed E-state index contributed by atoms with van der Waals surface area (Å²) in [5.41, 5.74) is 0.622. The molecule has 33 heavy (non-hydrogen) atoms. The zero-order valence-corrected chi connectivity index (χ0v) is 21.0. The van der Waals surface area contributed by atoms with Gasteiger partial charge in [0, 0.05) is 18.7 Å². The maximum absolute atomic E-state index is 14.3. The van der Waals surface area contributed by atoms with Crippen LogP contribution in [-0.2, 0) is 0 Å². The number of carbonyl (C=O) groups is 1. The van der Waals surface area contributed by atoms with E-state index in [1.165, 1.54) is 38.7 Å². The number of carbonyl (C=O) groups excluding carboxylic acids is 1. The number of nitrogens with zero attached hydrogens (tertiary/aromatic N) is 3. The summed E-state index contributed by atoms with van der Waals surface area (Å²) in [6.07, 6.45) is 0. The first-order chi connectivity index (χ1) is 15.5. The Morgan fingerprint density at radius 1 is 1.03 bits per heavy atom. The van der Waals surface area contributed by atoms with Crippen molar-refractivity contribution in [3.63, 3.8) is 0 Å². The van der Waals surface area contributed by atoms with Gasteiger partial charge in [0.2, 0.25) is 5.75 Å². The summed E-state index contributed by atoms with van der Waals surface area (Å²) in [6.45, 7) is 6.92. The smallest absolute Gasteiger partial charge is 0.260 e. The van der Waals surface area contributed by atoms with Crippen molar-refractivity contribution in [2.75, 3.05) is 52.4 Å². The van der Waals surface area contributed by atoms with E-state index in [-0.39, 0.29) is 23.8 Å². The number of hydrogen-bond donors (Lipinski definition) is 0. The van der Waals surface area contributed by atoms with Crippen LogP contribution in [0.15, 0.2) is 30.3 Å². The van der Waals surface area contributed by atoms with Crippen molar-refractivity contribution >= 4 is 45.0 Å². The van der Waals surface area contributed by atoms with Gasteiger partial charge in [0.25, 0.3) is 5.91 Å². The van der Waals surface area contributed by atoms with E-state index in [0.717, 1.165) is 13.1 Å². The fraction of sp³-hybridized carbons (Fsp3) is 0.391. The molecular weight excluding hydrogens is 469 g/mol. The van der Waals surface area contributed by atoms with Crippen LogP contribution in [-0.4, -0.2) is 63.3 Å². The molecule has 0 aliphatic rings. The number of thiazole rings is 1. The molecule has 0 atom stereocenters. The number of hydrogen-bond acceptors (Lipinski definition) is 7. The number of anilines is 1. The van der Waals surface area contributed by atoms with Crippen molar-refractivity contribution in [1.29, 1.82) is 0 Å². The Hall–Kier alpha value is -2.62.